The van der Waals surface area contributed by atoms with Crippen molar-refractivity contribution in [2.45, 2.75) is 76.6 Å². The highest BCUT2D eigenvalue weighted by molar-refractivity contribution is 6.03. The Balaban J connectivity index is 1.38. The Kier molecular flexibility index (Phi) is 10.1. The molecular formula is C35H46F4N8O3. The van der Waals surface area contributed by atoms with Crippen molar-refractivity contribution in [1.29, 1.82) is 0 Å². The Morgan fingerprint density at radius 1 is 1.22 bits per heavy atom. The predicted octanol–water partition coefficient (Wildman–Crippen LogP) is 4.43. The molecule has 4 aliphatic rings. The van der Waals surface area contributed by atoms with Gasteiger partial charge in [-0.2, -0.15) is 23.1 Å². The van der Waals surface area contributed by atoms with Crippen LogP contribution in [0.1, 0.15) is 66.7 Å². The van der Waals surface area contributed by atoms with Crippen LogP contribution in [-0.2, 0) is 23.9 Å². The molecule has 2 fully saturated rings. The first-order valence-electron chi connectivity index (χ1n) is 16.9. The number of alkyl halides is 3. The number of aliphatic imine (C=N–C) groups is 1. The molecule has 1 unspecified atom stereocenters. The maximum atomic E-state index is 14.3. The van der Waals surface area contributed by atoms with Gasteiger partial charge in [-0.1, -0.05) is 0 Å². The van der Waals surface area contributed by atoms with Crippen molar-refractivity contribution in [3.8, 4) is 6.01 Å². The number of aromatic nitrogens is 2. The van der Waals surface area contributed by atoms with Gasteiger partial charge in [0.1, 0.15) is 18.7 Å². The molecule has 0 amide bonds. The molecule has 11 nitrogen and oxygen atoms in total. The number of aliphatic hydroxyl groups is 1. The van der Waals surface area contributed by atoms with Gasteiger partial charge in [0, 0.05) is 37.3 Å². The van der Waals surface area contributed by atoms with E-state index in [9.17, 15) is 22.7 Å². The molecule has 0 saturated carbocycles. The van der Waals surface area contributed by atoms with Gasteiger partial charge in [0.05, 0.1) is 53.8 Å². The van der Waals surface area contributed by atoms with E-state index in [4.69, 9.17) is 35.9 Å². The fourth-order valence-electron chi connectivity index (χ4n) is 7.73. The maximum Gasteiger partial charge on any atom is 0.417 e. The largest absolute Gasteiger partial charge is 0.461 e. The number of aliphatic hydroxyl groups excluding tert-OH is 1. The number of likely N-dealkylation sites (N-methyl/N-ethyl adjacent to an activating group) is 1. The summed E-state index contributed by atoms with van der Waals surface area (Å²) in [7, 11) is 3.45. The second kappa shape index (κ2) is 14.1. The van der Waals surface area contributed by atoms with E-state index in [1.165, 1.54) is 19.1 Å². The summed E-state index contributed by atoms with van der Waals surface area (Å²) < 4.78 is 69.1. The Bertz CT molecular complexity index is 1710. The van der Waals surface area contributed by atoms with Crippen molar-refractivity contribution in [2.24, 2.45) is 10.7 Å². The molecule has 50 heavy (non-hydrogen) atoms. The van der Waals surface area contributed by atoms with Crippen LogP contribution in [0.3, 0.4) is 0 Å². The molecule has 1 aromatic heterocycles. The van der Waals surface area contributed by atoms with E-state index in [2.05, 4.69) is 4.90 Å². The first-order valence-corrected chi connectivity index (χ1v) is 16.9. The molecule has 0 radical (unpaired) electrons. The molecule has 5 heterocycles. The summed E-state index contributed by atoms with van der Waals surface area (Å²) in [5, 5.41) is 10.6. The number of aryl methyl sites for hydroxylation is 1. The smallest absolute Gasteiger partial charge is 0.417 e. The summed E-state index contributed by atoms with van der Waals surface area (Å²) in [6.07, 6.45) is -2.82. The number of nitrogens with zero attached hydrogens (tertiary/aromatic N) is 6. The monoisotopic (exact) mass is 702 g/mol. The summed E-state index contributed by atoms with van der Waals surface area (Å²) in [4.78, 5) is 20.3. The molecule has 2 saturated heterocycles. The number of nitrogens with two attached hydrogens (primary N) is 2. The van der Waals surface area contributed by atoms with Crippen molar-refractivity contribution >= 4 is 17.2 Å². The molecule has 0 spiro atoms. The van der Waals surface area contributed by atoms with E-state index >= 15 is 0 Å². The van der Waals surface area contributed by atoms with Crippen LogP contribution in [0.15, 0.2) is 40.3 Å². The fourth-order valence-corrected chi connectivity index (χ4v) is 7.73. The lowest BCUT2D eigenvalue weighted by Gasteiger charge is -2.33. The minimum Gasteiger partial charge on any atom is -0.461 e. The number of rotatable bonds is 8. The van der Waals surface area contributed by atoms with E-state index in [0.717, 1.165) is 25.0 Å². The minimum atomic E-state index is -4.61. The number of hydrogen-bond donors (Lipinski definition) is 3. The molecule has 272 valence electrons. The fraction of sp³-hybridized carbons (Fsp3) is 0.571. The topological polar surface area (TPSA) is 139 Å². The standard InChI is InChI=1S/C35H46F4N8O3/c1-20-11-23(40)12-24(29(20)35(37,38)39)28-13-26-25(18-49-28)31(46-9-6-8-42-27(17-46)21(2)30(41)32(48)45(3)4)44-33(43-26)50-19-34-7-5-10-47(34)16-22(14-34)15-36/h11-12,15,28,32,48H,5-10,13-14,16-19,40-41H2,1-4H3/b22-15-,30-21-/t28-,32?,34-/m0/s1. The Labute approximate surface area is 289 Å². The highest BCUT2D eigenvalue weighted by Crippen LogP contribution is 2.44. The zero-order valence-electron chi connectivity index (χ0n) is 29.0. The third-order valence-corrected chi connectivity index (χ3v) is 10.4. The van der Waals surface area contributed by atoms with Gasteiger partial charge in [0.15, 0.2) is 0 Å². The van der Waals surface area contributed by atoms with Crippen LogP contribution in [0.4, 0.5) is 29.1 Å². The van der Waals surface area contributed by atoms with Gasteiger partial charge < -0.3 is 30.9 Å². The third kappa shape index (κ3) is 7.05. The molecule has 6 rings (SSSR count). The van der Waals surface area contributed by atoms with Crippen LogP contribution < -0.4 is 21.1 Å². The summed E-state index contributed by atoms with van der Waals surface area (Å²) in [6.45, 7) is 6.21. The summed E-state index contributed by atoms with van der Waals surface area (Å²) in [5.41, 5.74) is 15.0. The molecular weight excluding hydrogens is 656 g/mol. The van der Waals surface area contributed by atoms with Crippen molar-refractivity contribution in [2.75, 3.05) is 64.1 Å². The van der Waals surface area contributed by atoms with Gasteiger partial charge >= 0.3 is 12.2 Å². The minimum absolute atomic E-state index is 0.0198. The average molecular weight is 703 g/mol. The number of ether oxygens (including phenoxy) is 2. The van der Waals surface area contributed by atoms with Gasteiger partial charge in [0.25, 0.3) is 0 Å². The molecule has 15 heteroatoms. The molecule has 3 atom stereocenters. The number of benzene rings is 1. The molecule has 2 aromatic rings. The number of fused-ring (bicyclic) bond motifs is 2. The van der Waals surface area contributed by atoms with Crippen LogP contribution in [0.25, 0.3) is 0 Å². The highest BCUT2D eigenvalue weighted by Gasteiger charge is 2.47. The Morgan fingerprint density at radius 2 is 2.00 bits per heavy atom. The number of halogens is 4. The first-order chi connectivity index (χ1) is 23.7. The summed E-state index contributed by atoms with van der Waals surface area (Å²) in [6, 6.07) is 2.73. The molecule has 1 aromatic carbocycles. The average Bonchev–Trinajstić information content (AvgIpc) is 3.51. The molecule has 5 N–H and O–H groups in total. The summed E-state index contributed by atoms with van der Waals surface area (Å²) in [5.74, 6) is 0.536. The summed E-state index contributed by atoms with van der Waals surface area (Å²) >= 11 is 0. The quantitative estimate of drug-likeness (QED) is 0.206. The van der Waals surface area contributed by atoms with E-state index in [1.807, 2.05) is 11.8 Å². The molecule has 0 aliphatic carbocycles. The van der Waals surface area contributed by atoms with Gasteiger partial charge in [0.2, 0.25) is 0 Å². The number of nitrogen functional groups attached to an aromatic ring is 1. The lowest BCUT2D eigenvalue weighted by molar-refractivity contribution is -0.140. The Hall–Kier alpha value is -3.79. The van der Waals surface area contributed by atoms with E-state index < -0.39 is 24.1 Å². The zero-order valence-corrected chi connectivity index (χ0v) is 29.0. The highest BCUT2D eigenvalue weighted by atomic mass is 19.4. The second-order valence-electron chi connectivity index (χ2n) is 14.1. The van der Waals surface area contributed by atoms with Gasteiger partial charge in [-0.25, -0.2) is 4.39 Å². The van der Waals surface area contributed by atoms with E-state index in [1.54, 1.807) is 19.0 Å². The second-order valence-corrected chi connectivity index (χ2v) is 14.1. The predicted molar refractivity (Wildman–Crippen MR) is 182 cm³/mol. The lowest BCUT2D eigenvalue weighted by Crippen LogP contribution is -2.43. The SMILES string of the molecule is C/C(C1=NCCCN(c2nc(OC[C@@]34CCCN3C/C(=C\F)C4)nc3c2CO[C@H](c2cc(N)cc(C)c2C(F)(F)F)C3)C1)=C(/N)C(O)N(C)C. The van der Waals surface area contributed by atoms with Crippen molar-refractivity contribution < 1.29 is 32.1 Å². The molecule has 4 aliphatic heterocycles. The van der Waals surface area contributed by atoms with Crippen molar-refractivity contribution in [3.63, 3.8) is 0 Å². The van der Waals surface area contributed by atoms with Gasteiger partial charge in [-0.15, -0.1) is 0 Å². The van der Waals surface area contributed by atoms with Crippen LogP contribution >= 0.6 is 0 Å². The van der Waals surface area contributed by atoms with E-state index in [-0.39, 0.29) is 53.7 Å². The van der Waals surface area contributed by atoms with Crippen molar-refractivity contribution in [3.05, 3.63) is 63.3 Å². The van der Waals surface area contributed by atoms with Crippen LogP contribution in [0, 0.1) is 6.92 Å². The van der Waals surface area contributed by atoms with Crippen molar-refractivity contribution in [1.82, 2.24) is 19.8 Å². The van der Waals surface area contributed by atoms with Crippen LogP contribution in [0.5, 0.6) is 6.01 Å². The lowest BCUT2D eigenvalue weighted by atomic mass is 9.92. The van der Waals surface area contributed by atoms with Gasteiger partial charge in [-0.05, 0) is 94.6 Å². The van der Waals surface area contributed by atoms with Gasteiger partial charge in [-0.3, -0.25) is 14.8 Å². The molecule has 0 bridgehead atoms. The number of anilines is 2. The van der Waals surface area contributed by atoms with Crippen LogP contribution in [0.2, 0.25) is 0 Å². The normalized spacial score (nSPS) is 24.9. The maximum absolute atomic E-state index is 14.3. The first kappa shape index (κ1) is 36.0. The number of hydrogen-bond acceptors (Lipinski definition) is 11. The Morgan fingerprint density at radius 3 is 2.72 bits per heavy atom. The third-order valence-electron chi connectivity index (χ3n) is 10.4. The van der Waals surface area contributed by atoms with E-state index in [0.29, 0.717) is 73.7 Å². The van der Waals surface area contributed by atoms with Crippen LogP contribution in [-0.4, -0.2) is 95.8 Å². The zero-order chi connectivity index (χ0) is 36.0.